The standard InChI is InChI=1S/C18H19F2N/c19-18(20,15-9-2-1-3-10-15)13-21-17-12-6-8-14-7-4-5-11-16(14)17/h1-5,7,9-11,17,21H,6,8,12-13H2. The second-order valence-corrected chi connectivity index (χ2v) is 5.60. The monoisotopic (exact) mass is 287 g/mol. The molecule has 3 heteroatoms. The van der Waals surface area contributed by atoms with Crippen LogP contribution in [0, 0.1) is 0 Å². The Labute approximate surface area is 124 Å². The SMILES string of the molecule is FC(F)(CNC1CCCc2ccccc21)c1ccccc1. The fourth-order valence-corrected chi connectivity index (χ4v) is 3.00. The molecule has 1 nitrogen and oxygen atoms in total. The molecule has 0 spiro atoms. The highest BCUT2D eigenvalue weighted by Crippen LogP contribution is 2.32. The first-order valence-electron chi connectivity index (χ1n) is 7.41. The number of alkyl halides is 2. The van der Waals surface area contributed by atoms with Crippen LogP contribution in [-0.4, -0.2) is 6.54 Å². The summed E-state index contributed by atoms with van der Waals surface area (Å²) in [6.07, 6.45) is 3.01. The quantitative estimate of drug-likeness (QED) is 0.876. The van der Waals surface area contributed by atoms with Gasteiger partial charge in [-0.2, -0.15) is 8.78 Å². The highest BCUT2D eigenvalue weighted by Gasteiger charge is 2.32. The Bertz CT molecular complexity index is 595. The molecule has 2 aromatic carbocycles. The number of hydrogen-bond acceptors (Lipinski definition) is 1. The van der Waals surface area contributed by atoms with Crippen LogP contribution in [0.5, 0.6) is 0 Å². The zero-order chi connectivity index (χ0) is 14.7. The third-order valence-corrected chi connectivity index (χ3v) is 4.14. The van der Waals surface area contributed by atoms with Crippen LogP contribution in [0.15, 0.2) is 54.6 Å². The molecule has 21 heavy (non-hydrogen) atoms. The zero-order valence-electron chi connectivity index (χ0n) is 11.9. The van der Waals surface area contributed by atoms with Crippen LogP contribution in [0.25, 0.3) is 0 Å². The number of halogens is 2. The summed E-state index contributed by atoms with van der Waals surface area (Å²) in [6, 6.07) is 16.2. The van der Waals surface area contributed by atoms with Gasteiger partial charge >= 0.3 is 0 Å². The first-order chi connectivity index (χ1) is 10.2. The molecule has 0 fully saturated rings. The molecular formula is C18H19F2N. The topological polar surface area (TPSA) is 12.0 Å². The summed E-state index contributed by atoms with van der Waals surface area (Å²) >= 11 is 0. The lowest BCUT2D eigenvalue weighted by Crippen LogP contribution is -2.34. The normalized spacial score (nSPS) is 18.3. The molecule has 1 N–H and O–H groups in total. The largest absolute Gasteiger partial charge is 0.304 e. The lowest BCUT2D eigenvalue weighted by Gasteiger charge is -2.28. The molecule has 0 saturated carbocycles. The zero-order valence-corrected chi connectivity index (χ0v) is 11.9. The second-order valence-electron chi connectivity index (χ2n) is 5.60. The number of nitrogens with one attached hydrogen (secondary N) is 1. The van der Waals surface area contributed by atoms with Crippen LogP contribution in [0.1, 0.15) is 35.6 Å². The Balaban J connectivity index is 1.71. The smallest absolute Gasteiger partial charge is 0.285 e. The van der Waals surface area contributed by atoms with Crippen molar-refractivity contribution in [1.82, 2.24) is 5.32 Å². The molecule has 1 unspecified atom stereocenters. The maximum Gasteiger partial charge on any atom is 0.285 e. The van der Waals surface area contributed by atoms with Gasteiger partial charge in [-0.15, -0.1) is 0 Å². The summed E-state index contributed by atoms with van der Waals surface area (Å²) in [5.41, 5.74) is 2.53. The van der Waals surface area contributed by atoms with Gasteiger partial charge in [0, 0.05) is 11.6 Å². The average molecular weight is 287 g/mol. The lowest BCUT2D eigenvalue weighted by atomic mass is 9.87. The van der Waals surface area contributed by atoms with Gasteiger partial charge in [-0.3, -0.25) is 0 Å². The predicted octanol–water partition coefficient (Wildman–Crippen LogP) is 4.45. The molecule has 1 aliphatic carbocycles. The van der Waals surface area contributed by atoms with Gasteiger partial charge in [0.15, 0.2) is 0 Å². The molecule has 0 aromatic heterocycles. The van der Waals surface area contributed by atoms with Crippen molar-refractivity contribution >= 4 is 0 Å². The van der Waals surface area contributed by atoms with Crippen LogP contribution in [0.2, 0.25) is 0 Å². The highest BCUT2D eigenvalue weighted by molar-refractivity contribution is 5.32. The van der Waals surface area contributed by atoms with Gasteiger partial charge in [0.25, 0.3) is 5.92 Å². The van der Waals surface area contributed by atoms with E-state index in [4.69, 9.17) is 0 Å². The Morgan fingerprint density at radius 3 is 2.52 bits per heavy atom. The minimum absolute atomic E-state index is 0.0320. The van der Waals surface area contributed by atoms with Crippen LogP contribution < -0.4 is 5.32 Å². The molecule has 0 bridgehead atoms. The number of benzene rings is 2. The van der Waals surface area contributed by atoms with Crippen molar-refractivity contribution in [3.8, 4) is 0 Å². The minimum atomic E-state index is -2.84. The third-order valence-electron chi connectivity index (χ3n) is 4.14. The van der Waals surface area contributed by atoms with E-state index in [-0.39, 0.29) is 18.2 Å². The van der Waals surface area contributed by atoms with Gasteiger partial charge < -0.3 is 5.32 Å². The predicted molar refractivity (Wildman–Crippen MR) is 80.5 cm³/mol. The van der Waals surface area contributed by atoms with E-state index in [2.05, 4.69) is 11.4 Å². The van der Waals surface area contributed by atoms with E-state index in [0.717, 1.165) is 19.3 Å². The van der Waals surface area contributed by atoms with Crippen LogP contribution in [0.4, 0.5) is 8.78 Å². The molecule has 0 saturated heterocycles. The first kappa shape index (κ1) is 14.2. The summed E-state index contributed by atoms with van der Waals surface area (Å²) in [4.78, 5) is 0. The van der Waals surface area contributed by atoms with Crippen molar-refractivity contribution in [3.05, 3.63) is 71.3 Å². The lowest BCUT2D eigenvalue weighted by molar-refractivity contribution is -0.00629. The number of hydrogen-bond donors (Lipinski definition) is 1. The Hall–Kier alpha value is -1.74. The summed E-state index contributed by atoms with van der Waals surface area (Å²) < 4.78 is 28.4. The molecule has 0 radical (unpaired) electrons. The van der Waals surface area contributed by atoms with E-state index in [1.807, 2.05) is 18.2 Å². The van der Waals surface area contributed by atoms with Crippen molar-refractivity contribution in [3.63, 3.8) is 0 Å². The summed E-state index contributed by atoms with van der Waals surface area (Å²) in [7, 11) is 0. The van der Waals surface area contributed by atoms with Gasteiger partial charge in [0.1, 0.15) is 0 Å². The van der Waals surface area contributed by atoms with Crippen molar-refractivity contribution < 1.29 is 8.78 Å². The maximum absolute atomic E-state index is 14.2. The van der Waals surface area contributed by atoms with Crippen molar-refractivity contribution in [2.45, 2.75) is 31.2 Å². The van der Waals surface area contributed by atoms with E-state index in [9.17, 15) is 8.78 Å². The van der Waals surface area contributed by atoms with Crippen molar-refractivity contribution in [2.24, 2.45) is 0 Å². The third kappa shape index (κ3) is 3.13. The van der Waals surface area contributed by atoms with Crippen molar-refractivity contribution in [1.29, 1.82) is 0 Å². The van der Waals surface area contributed by atoms with E-state index < -0.39 is 5.92 Å². The van der Waals surface area contributed by atoms with Crippen LogP contribution in [-0.2, 0) is 12.3 Å². The molecule has 0 heterocycles. The van der Waals surface area contributed by atoms with E-state index in [0.29, 0.717) is 0 Å². The summed E-state index contributed by atoms with van der Waals surface area (Å²) in [5, 5.41) is 3.07. The molecule has 3 rings (SSSR count). The summed E-state index contributed by atoms with van der Waals surface area (Å²) in [6.45, 7) is -0.323. The van der Waals surface area contributed by atoms with Gasteiger partial charge in [0.05, 0.1) is 6.54 Å². The molecule has 1 atom stereocenters. The maximum atomic E-state index is 14.2. The molecule has 0 amide bonds. The molecule has 0 aliphatic heterocycles. The Morgan fingerprint density at radius 1 is 1.00 bits per heavy atom. The highest BCUT2D eigenvalue weighted by atomic mass is 19.3. The van der Waals surface area contributed by atoms with E-state index >= 15 is 0 Å². The number of aryl methyl sites for hydroxylation is 1. The van der Waals surface area contributed by atoms with E-state index in [1.54, 1.807) is 18.2 Å². The van der Waals surface area contributed by atoms with Crippen molar-refractivity contribution in [2.75, 3.05) is 6.54 Å². The molecule has 2 aromatic rings. The van der Waals surface area contributed by atoms with Crippen LogP contribution in [0.3, 0.4) is 0 Å². The van der Waals surface area contributed by atoms with Gasteiger partial charge in [0.2, 0.25) is 0 Å². The first-order valence-corrected chi connectivity index (χ1v) is 7.41. The second kappa shape index (κ2) is 5.94. The molecule has 1 aliphatic rings. The Morgan fingerprint density at radius 2 is 1.71 bits per heavy atom. The summed E-state index contributed by atoms with van der Waals surface area (Å²) in [5.74, 6) is -2.84. The minimum Gasteiger partial charge on any atom is -0.304 e. The van der Waals surface area contributed by atoms with Crippen LogP contribution >= 0.6 is 0 Å². The van der Waals surface area contributed by atoms with E-state index in [1.165, 1.54) is 23.3 Å². The molecular weight excluding hydrogens is 268 g/mol. The fraction of sp³-hybridized carbons (Fsp3) is 0.333. The van der Waals surface area contributed by atoms with Gasteiger partial charge in [-0.05, 0) is 30.4 Å². The van der Waals surface area contributed by atoms with Gasteiger partial charge in [-0.25, -0.2) is 0 Å². The fourth-order valence-electron chi connectivity index (χ4n) is 3.00. The Kier molecular flexibility index (Phi) is 4.02. The molecule has 110 valence electrons. The number of fused-ring (bicyclic) bond motifs is 1. The number of rotatable bonds is 4. The van der Waals surface area contributed by atoms with Gasteiger partial charge in [-0.1, -0.05) is 54.6 Å². The average Bonchev–Trinajstić information content (AvgIpc) is 2.54.